The normalized spacial score (nSPS) is 45.3. The molecule has 0 N–H and O–H groups in total. The molecule has 6 saturated carbocycles. The highest BCUT2D eigenvalue weighted by atomic mass is 16.6. The van der Waals surface area contributed by atoms with E-state index in [1.807, 2.05) is 6.92 Å². The van der Waals surface area contributed by atoms with Crippen molar-refractivity contribution < 1.29 is 33.4 Å². The van der Waals surface area contributed by atoms with E-state index in [4.69, 9.17) is 14.2 Å². The second-order valence-corrected chi connectivity index (χ2v) is 14.4. The van der Waals surface area contributed by atoms with Crippen LogP contribution >= 0.6 is 0 Å². The van der Waals surface area contributed by atoms with Crippen LogP contribution < -0.4 is 0 Å². The number of cyclic esters (lactones) is 3. The Balaban J connectivity index is 0.00000154. The fourth-order valence-electron chi connectivity index (χ4n) is 11.0. The molecule has 250 valence electrons. The van der Waals surface area contributed by atoms with Gasteiger partial charge in [-0.3, -0.25) is 19.2 Å². The van der Waals surface area contributed by atoms with Gasteiger partial charge in [-0.15, -0.1) is 0 Å². The molecular weight excluding hydrogens is 544 g/mol. The molecule has 0 aromatic rings. The molecule has 2 saturated heterocycles. The van der Waals surface area contributed by atoms with Gasteiger partial charge in [-0.2, -0.15) is 0 Å². The van der Waals surface area contributed by atoms with Crippen LogP contribution in [0.4, 0.5) is 0 Å². The van der Waals surface area contributed by atoms with Crippen LogP contribution in [0.3, 0.4) is 0 Å². The van der Waals surface area contributed by atoms with Crippen molar-refractivity contribution in [3.8, 4) is 0 Å². The summed E-state index contributed by atoms with van der Waals surface area (Å²) in [6, 6.07) is 0. The molecule has 0 amide bonds. The number of fused-ring (bicyclic) bond motifs is 5. The molecule has 0 aromatic carbocycles. The maximum absolute atomic E-state index is 14.4. The van der Waals surface area contributed by atoms with Crippen LogP contribution in [-0.4, -0.2) is 36.1 Å². The summed E-state index contributed by atoms with van der Waals surface area (Å²) < 4.78 is 17.1. The summed E-state index contributed by atoms with van der Waals surface area (Å²) in [5.41, 5.74) is -1.68. The number of carbonyl (C=O) groups is 4. The summed E-state index contributed by atoms with van der Waals surface area (Å²) in [6.45, 7) is 8.33. The molecule has 7 heteroatoms. The van der Waals surface area contributed by atoms with Gasteiger partial charge in [0.15, 0.2) is 0 Å². The summed E-state index contributed by atoms with van der Waals surface area (Å²) in [5.74, 6) is 0.260. The van der Waals surface area contributed by atoms with Crippen LogP contribution in [0, 0.1) is 76.4 Å². The molecule has 6 bridgehead atoms. The third-order valence-corrected chi connectivity index (χ3v) is 12.8. The number of ether oxygens (including phenoxy) is 3. The van der Waals surface area contributed by atoms with Crippen molar-refractivity contribution in [2.24, 2.45) is 76.4 Å². The molecule has 8 rings (SSSR count). The molecule has 8 fully saturated rings. The lowest BCUT2D eigenvalue weighted by Crippen LogP contribution is -2.59. The van der Waals surface area contributed by atoms with Crippen molar-refractivity contribution >= 4 is 23.9 Å². The van der Waals surface area contributed by atoms with E-state index in [9.17, 15) is 19.2 Å². The van der Waals surface area contributed by atoms with Crippen LogP contribution in [0.15, 0.2) is 0 Å². The number of esters is 4. The molecule has 43 heavy (non-hydrogen) atoms. The first kappa shape index (κ1) is 39.1. The molecule has 2 heterocycles. The van der Waals surface area contributed by atoms with Gasteiger partial charge >= 0.3 is 23.9 Å². The average Bonchev–Trinajstić information content (AvgIpc) is 3.55. The van der Waals surface area contributed by atoms with Gasteiger partial charge in [0.1, 0.15) is 5.60 Å². The second-order valence-electron chi connectivity index (χ2n) is 14.4. The first-order chi connectivity index (χ1) is 17.5. The molecule has 9 unspecified atom stereocenters. The molecule has 6 aliphatic carbocycles. The molecule has 8 aliphatic rings. The topological polar surface area (TPSA) is 96.0 Å². The van der Waals surface area contributed by atoms with Gasteiger partial charge < -0.3 is 14.2 Å². The lowest BCUT2D eigenvalue weighted by Gasteiger charge is -2.59. The van der Waals surface area contributed by atoms with E-state index in [0.29, 0.717) is 24.9 Å². The predicted molar refractivity (Wildman–Crippen MR) is 171 cm³/mol. The van der Waals surface area contributed by atoms with Crippen molar-refractivity contribution in [1.82, 2.24) is 0 Å². The van der Waals surface area contributed by atoms with Gasteiger partial charge in [0.2, 0.25) is 0 Å². The minimum atomic E-state index is -1.16. The van der Waals surface area contributed by atoms with Crippen LogP contribution in [-0.2, 0) is 33.4 Å². The third kappa shape index (κ3) is 5.26. The van der Waals surface area contributed by atoms with Gasteiger partial charge in [0.05, 0.1) is 29.8 Å². The van der Waals surface area contributed by atoms with Gasteiger partial charge in [-0.05, 0) is 106 Å². The van der Waals surface area contributed by atoms with E-state index in [1.165, 1.54) is 6.42 Å². The minimum absolute atomic E-state index is 0. The largest absolute Gasteiger partial charge is 0.465 e. The lowest BCUT2D eigenvalue weighted by molar-refractivity contribution is -0.216. The van der Waals surface area contributed by atoms with E-state index < -0.39 is 34.8 Å². The summed E-state index contributed by atoms with van der Waals surface area (Å²) in [7, 11) is 0. The van der Waals surface area contributed by atoms with Gasteiger partial charge in [0.25, 0.3) is 0 Å². The molecule has 2 aliphatic heterocycles. The smallest absolute Gasteiger partial charge is 0.318 e. The highest BCUT2D eigenvalue weighted by molar-refractivity contribution is 5.99. The van der Waals surface area contributed by atoms with Crippen LogP contribution in [0.2, 0.25) is 0 Å². The predicted octanol–water partition coefficient (Wildman–Crippen LogP) is 7.98. The van der Waals surface area contributed by atoms with E-state index in [1.54, 1.807) is 6.92 Å². The fourth-order valence-corrected chi connectivity index (χ4v) is 11.0. The van der Waals surface area contributed by atoms with E-state index >= 15 is 0 Å². The maximum Gasteiger partial charge on any atom is 0.318 e. The van der Waals surface area contributed by atoms with Gasteiger partial charge in [-0.1, -0.05) is 58.4 Å². The monoisotopic (exact) mass is 608 g/mol. The van der Waals surface area contributed by atoms with E-state index in [2.05, 4.69) is 13.8 Å². The summed E-state index contributed by atoms with van der Waals surface area (Å²) in [4.78, 5) is 52.4. The zero-order valence-corrected chi connectivity index (χ0v) is 22.4. The molecule has 0 aromatic heterocycles. The van der Waals surface area contributed by atoms with Crippen molar-refractivity contribution in [2.45, 2.75) is 123 Å². The van der Waals surface area contributed by atoms with Crippen LogP contribution in [0.1, 0.15) is 117 Å². The SMILES string of the molecule is C.C.C.C.C.C.CC1C(=O)OC(=O)C1C(C)(CC1C(C)C2CC1C1COC(=O)C21)C(=O)OC1(C)C2CC3CC(C2)CC1C3. The summed E-state index contributed by atoms with van der Waals surface area (Å²) in [5, 5.41) is 0. The molecule has 7 nitrogen and oxygen atoms in total. The van der Waals surface area contributed by atoms with Crippen LogP contribution in [0.5, 0.6) is 0 Å². The summed E-state index contributed by atoms with van der Waals surface area (Å²) >= 11 is 0. The maximum atomic E-state index is 14.4. The van der Waals surface area contributed by atoms with Crippen molar-refractivity contribution in [3.05, 3.63) is 0 Å². The number of hydrogen-bond acceptors (Lipinski definition) is 7. The highest BCUT2D eigenvalue weighted by Gasteiger charge is 2.66. The standard InChI is InChI=1S/C30H40O7.6CH4/c1-13-19-10-20(22-12-35-26(32)23(19)22)21(13)11-29(3,24-14(2)25(31)36-27(24)33)28(34)37-30(4)17-6-15-5-16(8-17)9-18(30)7-15;;;;;;/h13-24H,5-12H2,1-4H3;6*1H4. The molecule has 9 atom stereocenters. The third-order valence-electron chi connectivity index (χ3n) is 12.8. The lowest BCUT2D eigenvalue weighted by atomic mass is 9.50. The quantitative estimate of drug-likeness (QED) is 0.177. The van der Waals surface area contributed by atoms with Crippen molar-refractivity contribution in [1.29, 1.82) is 0 Å². The number of hydrogen-bond donors (Lipinski definition) is 0. The Hall–Kier alpha value is -1.92. The number of carbonyl (C=O) groups excluding carboxylic acids is 4. The van der Waals surface area contributed by atoms with Gasteiger partial charge in [-0.25, -0.2) is 0 Å². The van der Waals surface area contributed by atoms with E-state index in [0.717, 1.165) is 43.9 Å². The fraction of sp³-hybridized carbons (Fsp3) is 0.889. The Kier molecular flexibility index (Phi) is 11.7. The zero-order valence-electron chi connectivity index (χ0n) is 22.4. The first-order valence-corrected chi connectivity index (χ1v) is 14.7. The van der Waals surface area contributed by atoms with Gasteiger partial charge in [0, 0.05) is 5.92 Å². The molecule has 0 radical (unpaired) electrons. The second kappa shape index (κ2) is 12.8. The molecular formula is C36H64O7. The Morgan fingerprint density at radius 3 is 1.88 bits per heavy atom. The average molecular weight is 609 g/mol. The number of rotatable bonds is 5. The van der Waals surface area contributed by atoms with Crippen molar-refractivity contribution in [3.63, 3.8) is 0 Å². The summed E-state index contributed by atoms with van der Waals surface area (Å²) in [6.07, 6.45) is 7.24. The minimum Gasteiger partial charge on any atom is -0.465 e. The zero-order chi connectivity index (χ0) is 26.0. The van der Waals surface area contributed by atoms with Crippen molar-refractivity contribution in [2.75, 3.05) is 6.61 Å². The Morgan fingerprint density at radius 1 is 0.814 bits per heavy atom. The Bertz CT molecular complexity index is 1040. The highest BCUT2D eigenvalue weighted by Crippen LogP contribution is 2.64. The molecule has 0 spiro atoms. The Morgan fingerprint density at radius 2 is 1.37 bits per heavy atom. The van der Waals surface area contributed by atoms with Crippen LogP contribution in [0.25, 0.3) is 0 Å². The first-order valence-electron chi connectivity index (χ1n) is 14.7. The van der Waals surface area contributed by atoms with E-state index in [-0.39, 0.29) is 92.0 Å². The Labute approximate surface area is 262 Å².